The quantitative estimate of drug-likeness (QED) is 0.668. The van der Waals surface area contributed by atoms with Gasteiger partial charge in [-0.1, -0.05) is 23.7 Å². The molecule has 1 fully saturated rings. The minimum Gasteiger partial charge on any atom is -0.443 e. The summed E-state index contributed by atoms with van der Waals surface area (Å²) < 4.78 is 10.9. The summed E-state index contributed by atoms with van der Waals surface area (Å²) >= 11 is 0. The lowest BCUT2D eigenvalue weighted by atomic mass is 9.87. The Morgan fingerprint density at radius 3 is 2.59 bits per heavy atom. The van der Waals surface area contributed by atoms with Crippen LogP contribution in [-0.2, 0) is 4.74 Å². The molecule has 1 saturated heterocycles. The van der Waals surface area contributed by atoms with Crippen LogP contribution in [0.3, 0.4) is 0 Å². The molecule has 1 atom stereocenters. The van der Waals surface area contributed by atoms with E-state index in [0.29, 0.717) is 18.4 Å². The first-order chi connectivity index (χ1) is 15.1. The highest BCUT2D eigenvalue weighted by Crippen LogP contribution is 2.28. The molecule has 172 valence electrons. The average Bonchev–Trinajstić information content (AvgIpc) is 2.72. The molecule has 0 aliphatic carbocycles. The first-order valence-electron chi connectivity index (χ1n) is 12.0. The standard InChI is InChI=1S/C27H38N3O2/c1-18-7-10-25(30(17-18)26(31)32-27(3,4)5)21-8-9-22-19(2)15-23(28-24(22)16-21)20-11-13-29(6)14-12-20/h8-10,16,18,20H,7,11-15,17H2,1-6H3/q+1/t18-/m0/s1. The van der Waals surface area contributed by atoms with Crippen molar-refractivity contribution in [3.63, 3.8) is 0 Å². The number of ether oxygens (including phenoxy) is 1. The number of hydrogen-bond acceptors (Lipinski definition) is 3. The number of carbonyl (C=O) groups excluding carboxylic acids is 1. The van der Waals surface area contributed by atoms with Gasteiger partial charge in [0.1, 0.15) is 5.60 Å². The number of nitrogens with zero attached hydrogens (tertiary/aromatic N) is 3. The molecule has 0 unspecified atom stereocenters. The van der Waals surface area contributed by atoms with Crippen LogP contribution in [-0.4, -0.2) is 53.9 Å². The second-order valence-corrected chi connectivity index (χ2v) is 10.9. The topological polar surface area (TPSA) is 46.9 Å². The fourth-order valence-electron chi connectivity index (χ4n) is 4.95. The van der Waals surface area contributed by atoms with Gasteiger partial charge in [0.25, 0.3) is 5.71 Å². The van der Waals surface area contributed by atoms with E-state index < -0.39 is 5.60 Å². The van der Waals surface area contributed by atoms with E-state index >= 15 is 0 Å². The lowest BCUT2D eigenvalue weighted by Crippen LogP contribution is -2.41. The van der Waals surface area contributed by atoms with Crippen LogP contribution in [0.15, 0.2) is 24.3 Å². The predicted octanol–water partition coefficient (Wildman–Crippen LogP) is 3.35. The molecule has 3 aliphatic heterocycles. The van der Waals surface area contributed by atoms with Crippen LogP contribution in [0.1, 0.15) is 65.9 Å². The van der Waals surface area contributed by atoms with Gasteiger partial charge in [-0.25, -0.2) is 4.79 Å². The third kappa shape index (κ3) is 5.00. The van der Waals surface area contributed by atoms with Crippen molar-refractivity contribution in [1.82, 2.24) is 14.5 Å². The third-order valence-corrected chi connectivity index (χ3v) is 6.77. The molecular weight excluding hydrogens is 398 g/mol. The van der Waals surface area contributed by atoms with E-state index in [1.54, 1.807) is 0 Å². The summed E-state index contributed by atoms with van der Waals surface area (Å²) in [4.78, 5) is 17.2. The van der Waals surface area contributed by atoms with Crippen molar-refractivity contribution in [3.8, 4) is 0 Å². The van der Waals surface area contributed by atoms with Crippen molar-refractivity contribution in [3.05, 3.63) is 40.4 Å². The molecule has 0 saturated carbocycles. The number of hydrogen-bond donors (Lipinski definition) is 0. The maximum atomic E-state index is 13.0. The second kappa shape index (κ2) is 8.88. The van der Waals surface area contributed by atoms with Crippen molar-refractivity contribution in [2.24, 2.45) is 11.8 Å². The zero-order valence-electron chi connectivity index (χ0n) is 20.6. The number of allylic oxidation sites excluding steroid dienone is 1. The fourth-order valence-corrected chi connectivity index (χ4v) is 4.95. The van der Waals surface area contributed by atoms with Crippen LogP contribution in [0.5, 0.6) is 0 Å². The summed E-state index contributed by atoms with van der Waals surface area (Å²) in [5.41, 5.74) is 4.20. The number of likely N-dealkylation sites (tertiary alicyclic amines) is 1. The minimum absolute atomic E-state index is 0.272. The molecule has 1 aromatic rings. The molecule has 1 amide bonds. The van der Waals surface area contributed by atoms with Gasteiger partial charge in [-0.3, -0.25) is 4.90 Å². The smallest absolute Gasteiger partial charge is 0.414 e. The molecule has 0 spiro atoms. The first kappa shape index (κ1) is 22.8. The molecule has 0 aromatic heterocycles. The van der Waals surface area contributed by atoms with Gasteiger partial charge in [-0.05, 0) is 84.7 Å². The van der Waals surface area contributed by atoms with Crippen molar-refractivity contribution in [1.29, 1.82) is 0 Å². The molecular formula is C27H38N3O2+. The molecule has 0 bridgehead atoms. The highest BCUT2D eigenvalue weighted by molar-refractivity contribution is 5.92. The van der Waals surface area contributed by atoms with Gasteiger partial charge in [0.05, 0.1) is 23.3 Å². The molecule has 0 radical (unpaired) electrons. The van der Waals surface area contributed by atoms with Crippen molar-refractivity contribution < 1.29 is 9.53 Å². The Morgan fingerprint density at radius 2 is 1.91 bits per heavy atom. The lowest BCUT2D eigenvalue weighted by Gasteiger charge is -2.33. The summed E-state index contributed by atoms with van der Waals surface area (Å²) in [6.07, 6.45) is 6.22. The number of amides is 1. The minimum atomic E-state index is -0.516. The molecule has 32 heavy (non-hydrogen) atoms. The van der Waals surface area contributed by atoms with Gasteiger partial charge in [-0.2, -0.15) is 0 Å². The number of benzene rings is 1. The van der Waals surface area contributed by atoms with E-state index in [0.717, 1.165) is 42.5 Å². The van der Waals surface area contributed by atoms with E-state index in [4.69, 9.17) is 9.40 Å². The lowest BCUT2D eigenvalue weighted by molar-refractivity contribution is 0.0327. The third-order valence-electron chi connectivity index (χ3n) is 6.77. The van der Waals surface area contributed by atoms with Gasteiger partial charge in [-0.15, -0.1) is 0 Å². The maximum absolute atomic E-state index is 13.0. The van der Waals surface area contributed by atoms with Crippen molar-refractivity contribution in [2.75, 3.05) is 26.7 Å². The van der Waals surface area contributed by atoms with Crippen LogP contribution in [0, 0.1) is 11.8 Å². The maximum Gasteiger partial charge on any atom is 0.414 e. The largest absolute Gasteiger partial charge is 0.443 e. The summed E-state index contributed by atoms with van der Waals surface area (Å²) in [6.45, 7) is 13.1. The van der Waals surface area contributed by atoms with E-state index in [1.807, 2.05) is 25.7 Å². The highest BCUT2D eigenvalue weighted by Gasteiger charge is 2.32. The zero-order valence-corrected chi connectivity index (χ0v) is 20.6. The number of piperidine rings is 1. The highest BCUT2D eigenvalue weighted by atomic mass is 16.6. The molecule has 3 heterocycles. The molecule has 0 N–H and O–H groups in total. The Balaban J connectivity index is 1.72. The molecule has 4 rings (SSSR count). The van der Waals surface area contributed by atoms with E-state index in [-0.39, 0.29) is 6.09 Å². The summed E-state index contributed by atoms with van der Waals surface area (Å²) in [5, 5.41) is 2.28. The Morgan fingerprint density at radius 1 is 1.19 bits per heavy atom. The van der Waals surface area contributed by atoms with Crippen molar-refractivity contribution in [2.45, 2.75) is 65.9 Å². The van der Waals surface area contributed by atoms with Crippen molar-refractivity contribution >= 4 is 23.1 Å². The Bertz CT molecular complexity index is 1080. The van der Waals surface area contributed by atoms with E-state index in [9.17, 15) is 4.79 Å². The molecule has 5 nitrogen and oxygen atoms in total. The van der Waals surface area contributed by atoms with Gasteiger partial charge in [0.15, 0.2) is 0 Å². The molecule has 5 heteroatoms. The Hall–Kier alpha value is -2.36. The fraction of sp³-hybridized carbons (Fsp3) is 0.593. The van der Waals surface area contributed by atoms with Gasteiger partial charge in [0.2, 0.25) is 0 Å². The van der Waals surface area contributed by atoms with Gasteiger partial charge in [0, 0.05) is 18.2 Å². The predicted molar refractivity (Wildman–Crippen MR) is 131 cm³/mol. The number of carbonyl (C=O) groups is 1. The van der Waals surface area contributed by atoms with Crippen LogP contribution in [0.2, 0.25) is 0 Å². The molecule has 3 aliphatic rings. The number of fused-ring (bicyclic) bond motifs is 1. The summed E-state index contributed by atoms with van der Waals surface area (Å²) in [5.74, 6) is 0.986. The SMILES string of the molecule is CC1=c2ccc(C3=CC[C@H](C)CN3C(=O)OC(C)(C)C)cc2=[N+]=C(C2CCN(C)CC2)C1. The average molecular weight is 437 g/mol. The van der Waals surface area contributed by atoms with E-state index in [2.05, 4.69) is 50.1 Å². The Kier molecular flexibility index (Phi) is 6.33. The normalized spacial score (nSPS) is 22.6. The first-order valence-corrected chi connectivity index (χ1v) is 12.0. The molecule has 1 aromatic carbocycles. The zero-order chi connectivity index (χ0) is 23.0. The van der Waals surface area contributed by atoms with Crippen LogP contribution in [0.4, 0.5) is 4.79 Å². The number of rotatable bonds is 2. The van der Waals surface area contributed by atoms with Crippen LogP contribution < -0.4 is 15.2 Å². The van der Waals surface area contributed by atoms with Gasteiger partial charge < -0.3 is 9.64 Å². The van der Waals surface area contributed by atoms with Crippen LogP contribution in [0.25, 0.3) is 11.3 Å². The Labute approximate surface area is 192 Å². The van der Waals surface area contributed by atoms with Gasteiger partial charge >= 0.3 is 11.5 Å². The summed E-state index contributed by atoms with van der Waals surface area (Å²) in [7, 11) is 2.20. The monoisotopic (exact) mass is 436 g/mol. The summed E-state index contributed by atoms with van der Waals surface area (Å²) in [6, 6.07) is 6.49. The van der Waals surface area contributed by atoms with E-state index in [1.165, 1.54) is 29.3 Å². The second-order valence-electron chi connectivity index (χ2n) is 10.9. The van der Waals surface area contributed by atoms with Crippen LogP contribution >= 0.6 is 0 Å².